The fourth-order valence-corrected chi connectivity index (χ4v) is 3.27. The summed E-state index contributed by atoms with van der Waals surface area (Å²) in [5.74, 6) is 0. The lowest BCUT2D eigenvalue weighted by Gasteiger charge is -2.21. The SMILES string of the molecule is CN1c2ccccc2S[C@@H]1c1cccnc1. The third-order valence-corrected chi connectivity index (χ3v) is 4.22. The van der Waals surface area contributed by atoms with E-state index in [2.05, 4.69) is 47.3 Å². The molecular weight excluding hydrogens is 216 g/mol. The lowest BCUT2D eigenvalue weighted by atomic mass is 10.2. The van der Waals surface area contributed by atoms with Gasteiger partial charge < -0.3 is 4.90 Å². The molecule has 0 bridgehead atoms. The van der Waals surface area contributed by atoms with Gasteiger partial charge in [0.1, 0.15) is 5.37 Å². The molecule has 0 aliphatic carbocycles. The van der Waals surface area contributed by atoms with Crippen molar-refractivity contribution in [3.8, 4) is 0 Å². The lowest BCUT2D eigenvalue weighted by molar-refractivity contribution is 0.906. The fraction of sp³-hybridized carbons (Fsp3) is 0.154. The molecule has 1 atom stereocenters. The van der Waals surface area contributed by atoms with Crippen molar-refractivity contribution in [2.45, 2.75) is 10.3 Å². The molecule has 2 aromatic rings. The Balaban J connectivity index is 1.99. The summed E-state index contributed by atoms with van der Waals surface area (Å²) < 4.78 is 0. The molecule has 0 saturated carbocycles. The number of hydrogen-bond acceptors (Lipinski definition) is 3. The second kappa shape index (κ2) is 3.83. The molecule has 1 aliphatic rings. The maximum absolute atomic E-state index is 4.19. The molecule has 3 heteroatoms. The van der Waals surface area contributed by atoms with Crippen LogP contribution in [-0.4, -0.2) is 12.0 Å². The summed E-state index contributed by atoms with van der Waals surface area (Å²) in [5.41, 5.74) is 2.56. The summed E-state index contributed by atoms with van der Waals surface area (Å²) in [6.07, 6.45) is 3.76. The topological polar surface area (TPSA) is 16.1 Å². The molecule has 0 saturated heterocycles. The summed E-state index contributed by atoms with van der Waals surface area (Å²) >= 11 is 1.88. The molecular formula is C13H12N2S. The molecule has 0 spiro atoms. The van der Waals surface area contributed by atoms with Crippen LogP contribution in [0.25, 0.3) is 0 Å². The van der Waals surface area contributed by atoms with Gasteiger partial charge in [0.05, 0.1) is 5.69 Å². The second-order valence-corrected chi connectivity index (χ2v) is 4.96. The maximum Gasteiger partial charge on any atom is 0.106 e. The molecule has 0 unspecified atom stereocenters. The monoisotopic (exact) mass is 228 g/mol. The van der Waals surface area contributed by atoms with E-state index in [1.807, 2.05) is 30.2 Å². The Hall–Kier alpha value is -1.48. The first-order chi connectivity index (χ1) is 7.86. The van der Waals surface area contributed by atoms with Gasteiger partial charge >= 0.3 is 0 Å². The third kappa shape index (κ3) is 1.48. The number of benzene rings is 1. The lowest BCUT2D eigenvalue weighted by Crippen LogP contribution is -2.17. The number of pyridine rings is 1. The van der Waals surface area contributed by atoms with Crippen LogP contribution >= 0.6 is 11.8 Å². The standard InChI is InChI=1S/C13H12N2S/c1-15-11-6-2-3-7-12(11)16-13(15)10-5-4-8-14-9-10/h2-9,13H,1H3/t13-/m1/s1. The number of rotatable bonds is 1. The Bertz CT molecular complexity index is 498. The molecule has 16 heavy (non-hydrogen) atoms. The second-order valence-electron chi connectivity index (χ2n) is 3.84. The maximum atomic E-state index is 4.19. The normalized spacial score (nSPS) is 18.6. The van der Waals surface area contributed by atoms with E-state index in [9.17, 15) is 0 Å². The van der Waals surface area contributed by atoms with Crippen LogP contribution in [-0.2, 0) is 0 Å². The zero-order valence-corrected chi connectivity index (χ0v) is 9.82. The van der Waals surface area contributed by atoms with Crippen molar-refractivity contribution in [1.29, 1.82) is 0 Å². The van der Waals surface area contributed by atoms with Gasteiger partial charge in [-0.1, -0.05) is 30.0 Å². The van der Waals surface area contributed by atoms with Gasteiger partial charge in [0.15, 0.2) is 0 Å². The van der Waals surface area contributed by atoms with E-state index in [-0.39, 0.29) is 0 Å². The van der Waals surface area contributed by atoms with Crippen molar-refractivity contribution in [2.75, 3.05) is 11.9 Å². The Labute approximate surface area is 99.3 Å². The molecule has 0 N–H and O–H groups in total. The molecule has 1 aromatic carbocycles. The first-order valence-electron chi connectivity index (χ1n) is 5.25. The molecule has 2 nitrogen and oxygen atoms in total. The van der Waals surface area contributed by atoms with Gasteiger partial charge in [-0.3, -0.25) is 4.98 Å². The number of anilines is 1. The number of hydrogen-bond donors (Lipinski definition) is 0. The summed E-state index contributed by atoms with van der Waals surface area (Å²) in [5, 5.41) is 0.353. The molecule has 80 valence electrons. The molecule has 3 rings (SSSR count). The van der Waals surface area contributed by atoms with Gasteiger partial charge in [-0.25, -0.2) is 0 Å². The Morgan fingerprint density at radius 2 is 2.06 bits per heavy atom. The van der Waals surface area contributed by atoms with E-state index in [4.69, 9.17) is 0 Å². The highest BCUT2D eigenvalue weighted by Crippen LogP contribution is 2.49. The molecule has 0 fully saturated rings. The van der Waals surface area contributed by atoms with E-state index in [0.717, 1.165) is 0 Å². The number of thioether (sulfide) groups is 1. The van der Waals surface area contributed by atoms with Gasteiger partial charge in [-0.15, -0.1) is 0 Å². The van der Waals surface area contributed by atoms with Crippen LogP contribution in [0.2, 0.25) is 0 Å². The van der Waals surface area contributed by atoms with Crippen LogP contribution in [0.5, 0.6) is 0 Å². The van der Waals surface area contributed by atoms with E-state index in [0.29, 0.717) is 5.37 Å². The van der Waals surface area contributed by atoms with Crippen LogP contribution in [0.4, 0.5) is 5.69 Å². The first-order valence-corrected chi connectivity index (χ1v) is 6.12. The minimum Gasteiger partial charge on any atom is -0.357 e. The average molecular weight is 228 g/mol. The molecule has 1 aliphatic heterocycles. The van der Waals surface area contributed by atoms with Crippen molar-refractivity contribution in [3.05, 3.63) is 54.4 Å². The summed E-state index contributed by atoms with van der Waals surface area (Å²) in [6, 6.07) is 12.6. The van der Waals surface area contributed by atoms with Crippen molar-refractivity contribution in [1.82, 2.24) is 4.98 Å². The number of fused-ring (bicyclic) bond motifs is 1. The van der Waals surface area contributed by atoms with Crippen LogP contribution in [0, 0.1) is 0 Å². The summed E-state index contributed by atoms with van der Waals surface area (Å²) in [7, 11) is 2.14. The van der Waals surface area contributed by atoms with Crippen LogP contribution in [0.1, 0.15) is 10.9 Å². The molecule has 1 aromatic heterocycles. The predicted octanol–water partition coefficient (Wildman–Crippen LogP) is 3.32. The Morgan fingerprint density at radius 1 is 1.19 bits per heavy atom. The van der Waals surface area contributed by atoms with Gasteiger partial charge in [0, 0.05) is 29.9 Å². The van der Waals surface area contributed by atoms with Crippen LogP contribution in [0.3, 0.4) is 0 Å². The fourth-order valence-electron chi connectivity index (χ4n) is 1.99. The zero-order valence-electron chi connectivity index (χ0n) is 9.00. The Kier molecular flexibility index (Phi) is 2.33. The van der Waals surface area contributed by atoms with Crippen LogP contribution in [0.15, 0.2) is 53.7 Å². The van der Waals surface area contributed by atoms with E-state index in [1.165, 1.54) is 16.1 Å². The van der Waals surface area contributed by atoms with Crippen molar-refractivity contribution < 1.29 is 0 Å². The van der Waals surface area contributed by atoms with Crippen molar-refractivity contribution in [2.24, 2.45) is 0 Å². The molecule has 2 heterocycles. The van der Waals surface area contributed by atoms with Gasteiger partial charge in [0.2, 0.25) is 0 Å². The van der Waals surface area contributed by atoms with Crippen molar-refractivity contribution >= 4 is 17.4 Å². The van der Waals surface area contributed by atoms with Gasteiger partial charge in [0.25, 0.3) is 0 Å². The predicted molar refractivity (Wildman–Crippen MR) is 67.7 cm³/mol. The summed E-state index contributed by atoms with van der Waals surface area (Å²) in [6.45, 7) is 0. The number of aromatic nitrogens is 1. The minimum absolute atomic E-state index is 0.353. The molecule has 0 amide bonds. The minimum atomic E-state index is 0.353. The molecule has 0 radical (unpaired) electrons. The van der Waals surface area contributed by atoms with E-state index in [1.54, 1.807) is 0 Å². The van der Waals surface area contributed by atoms with E-state index < -0.39 is 0 Å². The van der Waals surface area contributed by atoms with Gasteiger partial charge in [-0.2, -0.15) is 0 Å². The smallest absolute Gasteiger partial charge is 0.106 e. The van der Waals surface area contributed by atoms with Gasteiger partial charge in [-0.05, 0) is 18.2 Å². The Morgan fingerprint density at radius 3 is 2.81 bits per heavy atom. The summed E-state index contributed by atoms with van der Waals surface area (Å²) in [4.78, 5) is 7.84. The largest absolute Gasteiger partial charge is 0.357 e. The zero-order chi connectivity index (χ0) is 11.0. The average Bonchev–Trinajstić information content (AvgIpc) is 2.69. The highest BCUT2D eigenvalue weighted by Gasteiger charge is 2.27. The number of nitrogens with zero attached hydrogens (tertiary/aromatic N) is 2. The highest BCUT2D eigenvalue weighted by molar-refractivity contribution is 8.00. The highest BCUT2D eigenvalue weighted by atomic mass is 32.2. The first kappa shape index (κ1) is 9.73. The quantitative estimate of drug-likeness (QED) is 0.745. The van der Waals surface area contributed by atoms with Crippen molar-refractivity contribution in [3.63, 3.8) is 0 Å². The number of para-hydroxylation sites is 1. The third-order valence-electron chi connectivity index (χ3n) is 2.81. The van der Waals surface area contributed by atoms with Crippen LogP contribution < -0.4 is 4.90 Å². The van der Waals surface area contributed by atoms with E-state index >= 15 is 0 Å².